The zero-order valence-corrected chi connectivity index (χ0v) is 11.1. The molecule has 0 unspecified atom stereocenters. The van der Waals surface area contributed by atoms with E-state index in [9.17, 15) is 14.4 Å². The van der Waals surface area contributed by atoms with E-state index in [2.05, 4.69) is 17.7 Å². The molecule has 0 aromatic carbocycles. The van der Waals surface area contributed by atoms with Crippen molar-refractivity contribution in [3.63, 3.8) is 0 Å². The van der Waals surface area contributed by atoms with Gasteiger partial charge < -0.3 is 5.32 Å². The van der Waals surface area contributed by atoms with Crippen LogP contribution in [-0.4, -0.2) is 28.4 Å². The Bertz CT molecular complexity index is 436. The summed E-state index contributed by atoms with van der Waals surface area (Å²) < 4.78 is 0. The van der Waals surface area contributed by atoms with Crippen LogP contribution in [0.15, 0.2) is 0 Å². The number of nitrogens with zero attached hydrogens (tertiary/aromatic N) is 1. The second kappa shape index (κ2) is 4.21. The maximum absolute atomic E-state index is 12.4. The first-order valence-corrected chi connectivity index (χ1v) is 6.99. The van der Waals surface area contributed by atoms with Crippen LogP contribution in [0.5, 0.6) is 0 Å². The lowest BCUT2D eigenvalue weighted by Gasteiger charge is -2.33. The van der Waals surface area contributed by atoms with Crippen molar-refractivity contribution in [2.24, 2.45) is 11.8 Å². The van der Waals surface area contributed by atoms with E-state index in [4.69, 9.17) is 0 Å². The van der Waals surface area contributed by atoms with Gasteiger partial charge in [0.05, 0.1) is 0 Å². The SMILES string of the molecule is CC1CCC2(CC1)NC(=O)N(NC(=O)C1CC1)C2=O. The number of imide groups is 1. The molecule has 19 heavy (non-hydrogen) atoms. The number of carbonyl (C=O) groups excluding carboxylic acids is 3. The first-order chi connectivity index (χ1) is 9.02. The Morgan fingerprint density at radius 1 is 1.26 bits per heavy atom. The fourth-order valence-electron chi connectivity index (χ4n) is 2.86. The Morgan fingerprint density at radius 2 is 1.89 bits per heavy atom. The van der Waals surface area contributed by atoms with Gasteiger partial charge in [-0.15, -0.1) is 0 Å². The van der Waals surface area contributed by atoms with Crippen molar-refractivity contribution in [3.8, 4) is 0 Å². The van der Waals surface area contributed by atoms with Gasteiger partial charge in [0.2, 0.25) is 5.91 Å². The highest BCUT2D eigenvalue weighted by Gasteiger charge is 2.53. The molecule has 0 aromatic rings. The highest BCUT2D eigenvalue weighted by atomic mass is 16.2. The lowest BCUT2D eigenvalue weighted by molar-refractivity contribution is -0.140. The van der Waals surface area contributed by atoms with Gasteiger partial charge in [0.1, 0.15) is 5.54 Å². The van der Waals surface area contributed by atoms with Crippen molar-refractivity contribution in [2.75, 3.05) is 0 Å². The van der Waals surface area contributed by atoms with Gasteiger partial charge in [0, 0.05) is 5.92 Å². The lowest BCUT2D eigenvalue weighted by atomic mass is 9.77. The van der Waals surface area contributed by atoms with Crippen LogP contribution in [-0.2, 0) is 9.59 Å². The van der Waals surface area contributed by atoms with Crippen LogP contribution in [0.4, 0.5) is 4.79 Å². The lowest BCUT2D eigenvalue weighted by Crippen LogP contribution is -2.51. The maximum atomic E-state index is 12.4. The third-order valence-corrected chi connectivity index (χ3v) is 4.46. The van der Waals surface area contributed by atoms with Crippen molar-refractivity contribution in [2.45, 2.75) is 51.0 Å². The van der Waals surface area contributed by atoms with Gasteiger partial charge in [-0.05, 0) is 44.4 Å². The standard InChI is InChI=1S/C13H19N3O3/c1-8-4-6-13(7-5-8)11(18)16(12(19)14-13)15-10(17)9-2-3-9/h8-9H,2-7H2,1H3,(H,14,19)(H,15,17). The van der Waals surface area contributed by atoms with Crippen LogP contribution in [0.25, 0.3) is 0 Å². The molecule has 4 amide bonds. The van der Waals surface area contributed by atoms with Gasteiger partial charge in [-0.3, -0.25) is 15.0 Å². The second-order valence-electron chi connectivity index (χ2n) is 6.09. The quantitative estimate of drug-likeness (QED) is 0.729. The van der Waals surface area contributed by atoms with Crippen LogP contribution in [0, 0.1) is 11.8 Å². The molecule has 2 N–H and O–H groups in total. The van der Waals surface area contributed by atoms with Crippen molar-refractivity contribution in [1.82, 2.24) is 15.8 Å². The van der Waals surface area contributed by atoms with Crippen LogP contribution in [0.1, 0.15) is 45.4 Å². The molecule has 0 atom stereocenters. The smallest absolute Gasteiger partial charge is 0.322 e. The average Bonchev–Trinajstić information content (AvgIpc) is 3.19. The summed E-state index contributed by atoms with van der Waals surface area (Å²) in [6.45, 7) is 2.15. The Labute approximate surface area is 111 Å². The zero-order chi connectivity index (χ0) is 13.6. The van der Waals surface area contributed by atoms with Gasteiger partial charge in [0.25, 0.3) is 5.91 Å². The summed E-state index contributed by atoms with van der Waals surface area (Å²) >= 11 is 0. The van der Waals surface area contributed by atoms with E-state index >= 15 is 0 Å². The van der Waals surface area contributed by atoms with Crippen LogP contribution in [0.2, 0.25) is 0 Å². The third kappa shape index (κ3) is 2.09. The van der Waals surface area contributed by atoms with Crippen LogP contribution in [0.3, 0.4) is 0 Å². The van der Waals surface area contributed by atoms with E-state index < -0.39 is 11.6 Å². The molecule has 6 heteroatoms. The molecule has 2 aliphatic carbocycles. The van der Waals surface area contributed by atoms with Crippen molar-refractivity contribution >= 4 is 17.8 Å². The molecule has 2 saturated carbocycles. The van der Waals surface area contributed by atoms with Gasteiger partial charge in [-0.25, -0.2) is 4.79 Å². The summed E-state index contributed by atoms with van der Waals surface area (Å²) in [4.78, 5) is 36.0. The molecule has 1 aliphatic heterocycles. The minimum Gasteiger partial charge on any atom is -0.322 e. The first kappa shape index (κ1) is 12.4. The maximum Gasteiger partial charge on any atom is 0.344 e. The van der Waals surface area contributed by atoms with E-state index in [1.165, 1.54) is 0 Å². The highest BCUT2D eigenvalue weighted by molar-refractivity contribution is 6.08. The summed E-state index contributed by atoms with van der Waals surface area (Å²) in [6, 6.07) is -0.492. The molecule has 1 spiro atoms. The van der Waals surface area contributed by atoms with Crippen molar-refractivity contribution < 1.29 is 14.4 Å². The number of hydrogen-bond donors (Lipinski definition) is 2. The number of rotatable bonds is 2. The summed E-state index contributed by atoms with van der Waals surface area (Å²) in [5, 5.41) is 3.66. The Balaban J connectivity index is 1.71. The Kier molecular flexibility index (Phi) is 2.76. The molecule has 3 aliphatic rings. The monoisotopic (exact) mass is 265 g/mol. The fraction of sp³-hybridized carbons (Fsp3) is 0.769. The van der Waals surface area contributed by atoms with E-state index in [0.717, 1.165) is 30.7 Å². The zero-order valence-electron chi connectivity index (χ0n) is 11.1. The molecule has 0 aromatic heterocycles. The van der Waals surface area contributed by atoms with Crippen molar-refractivity contribution in [3.05, 3.63) is 0 Å². The topological polar surface area (TPSA) is 78.5 Å². The number of hydrogen-bond acceptors (Lipinski definition) is 3. The first-order valence-electron chi connectivity index (χ1n) is 6.99. The molecular formula is C13H19N3O3. The summed E-state index contributed by atoms with van der Waals surface area (Å²) in [6.07, 6.45) is 4.87. The molecule has 6 nitrogen and oxygen atoms in total. The Morgan fingerprint density at radius 3 is 2.47 bits per heavy atom. The normalized spacial score (nSPS) is 34.6. The molecular weight excluding hydrogens is 246 g/mol. The molecule has 1 saturated heterocycles. The Hall–Kier alpha value is -1.59. The predicted octanol–water partition coefficient (Wildman–Crippen LogP) is 0.928. The highest BCUT2D eigenvalue weighted by Crippen LogP contribution is 2.36. The number of carbonyl (C=O) groups is 3. The number of nitrogens with one attached hydrogen (secondary N) is 2. The predicted molar refractivity (Wildman–Crippen MR) is 66.6 cm³/mol. The fourth-order valence-corrected chi connectivity index (χ4v) is 2.86. The van der Waals surface area contributed by atoms with E-state index in [1.807, 2.05) is 0 Å². The summed E-state index contributed by atoms with van der Waals surface area (Å²) in [5.74, 6) is 0.0529. The van der Waals surface area contributed by atoms with Gasteiger partial charge in [-0.2, -0.15) is 5.01 Å². The molecule has 104 valence electrons. The minimum absolute atomic E-state index is 0.0245. The van der Waals surface area contributed by atoms with E-state index in [0.29, 0.717) is 18.8 Å². The van der Waals surface area contributed by atoms with Crippen LogP contribution >= 0.6 is 0 Å². The number of urea groups is 1. The van der Waals surface area contributed by atoms with E-state index in [1.54, 1.807) is 0 Å². The van der Waals surface area contributed by atoms with E-state index in [-0.39, 0.29) is 17.7 Å². The molecule has 3 fully saturated rings. The molecule has 3 rings (SSSR count). The van der Waals surface area contributed by atoms with Gasteiger partial charge >= 0.3 is 6.03 Å². The minimum atomic E-state index is -0.777. The third-order valence-electron chi connectivity index (χ3n) is 4.46. The average molecular weight is 265 g/mol. The number of amides is 4. The number of hydrazine groups is 1. The van der Waals surface area contributed by atoms with Gasteiger partial charge in [-0.1, -0.05) is 6.92 Å². The molecule has 0 bridgehead atoms. The second-order valence-corrected chi connectivity index (χ2v) is 6.09. The van der Waals surface area contributed by atoms with Crippen molar-refractivity contribution in [1.29, 1.82) is 0 Å². The van der Waals surface area contributed by atoms with Crippen LogP contribution < -0.4 is 10.7 Å². The van der Waals surface area contributed by atoms with Gasteiger partial charge in [0.15, 0.2) is 0 Å². The molecule has 0 radical (unpaired) electrons. The largest absolute Gasteiger partial charge is 0.344 e. The summed E-state index contributed by atoms with van der Waals surface area (Å²) in [5.41, 5.74) is 1.68. The molecule has 1 heterocycles. The summed E-state index contributed by atoms with van der Waals surface area (Å²) in [7, 11) is 0.